The molecule has 2 aromatic carbocycles. The Bertz CT molecular complexity index is 553. The Hall–Kier alpha value is -2.22. The quantitative estimate of drug-likeness (QED) is 0.853. The molecule has 2 nitrogen and oxygen atoms in total. The summed E-state index contributed by atoms with van der Waals surface area (Å²) in [6, 6.07) is 14.4. The van der Waals surface area contributed by atoms with Gasteiger partial charge < -0.3 is 10.2 Å². The van der Waals surface area contributed by atoms with E-state index >= 15 is 0 Å². The highest BCUT2D eigenvalue weighted by atomic mass is 16.3. The Morgan fingerprint density at radius 3 is 1.95 bits per heavy atom. The van der Waals surface area contributed by atoms with Gasteiger partial charge in [0, 0.05) is 0 Å². The van der Waals surface area contributed by atoms with E-state index in [-0.39, 0.29) is 11.5 Å². The van der Waals surface area contributed by atoms with Gasteiger partial charge in [0.05, 0.1) is 0 Å². The lowest BCUT2D eigenvalue weighted by atomic mass is 9.91. The van der Waals surface area contributed by atoms with Crippen LogP contribution in [0.15, 0.2) is 55.1 Å². The van der Waals surface area contributed by atoms with Crippen molar-refractivity contribution in [3.8, 4) is 11.5 Å². The van der Waals surface area contributed by atoms with Gasteiger partial charge in [0.1, 0.15) is 11.5 Å². The molecule has 0 heterocycles. The topological polar surface area (TPSA) is 40.5 Å². The maximum atomic E-state index is 9.28. The van der Waals surface area contributed by atoms with Crippen molar-refractivity contribution in [1.82, 2.24) is 0 Å². The number of benzene rings is 2. The van der Waals surface area contributed by atoms with Crippen LogP contribution < -0.4 is 0 Å². The van der Waals surface area contributed by atoms with Crippen LogP contribution in [0.2, 0.25) is 0 Å². The van der Waals surface area contributed by atoms with Crippen molar-refractivity contribution in [3.63, 3.8) is 0 Å². The SMILES string of the molecule is C=C(CC(C)c1ccc(O)cc1)c1ccc(O)cc1. The normalized spacial score (nSPS) is 12.1. The van der Waals surface area contributed by atoms with Crippen molar-refractivity contribution in [2.75, 3.05) is 0 Å². The molecule has 0 radical (unpaired) electrons. The Morgan fingerprint density at radius 1 is 0.947 bits per heavy atom. The lowest BCUT2D eigenvalue weighted by Gasteiger charge is -2.14. The molecule has 0 aromatic heterocycles. The van der Waals surface area contributed by atoms with Gasteiger partial charge in [0.25, 0.3) is 0 Å². The third-order valence-corrected chi connectivity index (χ3v) is 3.29. The van der Waals surface area contributed by atoms with Gasteiger partial charge in [-0.2, -0.15) is 0 Å². The van der Waals surface area contributed by atoms with Crippen molar-refractivity contribution in [2.24, 2.45) is 0 Å². The van der Waals surface area contributed by atoms with Gasteiger partial charge >= 0.3 is 0 Å². The van der Waals surface area contributed by atoms with Gasteiger partial charge in [-0.15, -0.1) is 0 Å². The first-order chi connectivity index (χ1) is 9.06. The number of allylic oxidation sites excluding steroid dienone is 1. The second-order valence-corrected chi connectivity index (χ2v) is 4.85. The van der Waals surface area contributed by atoms with Crippen LogP contribution >= 0.6 is 0 Å². The molecule has 0 bridgehead atoms. The van der Waals surface area contributed by atoms with Crippen LogP contribution in [0.4, 0.5) is 0 Å². The maximum absolute atomic E-state index is 9.28. The fraction of sp³-hybridized carbons (Fsp3) is 0.176. The minimum Gasteiger partial charge on any atom is -0.508 e. The molecule has 0 spiro atoms. The minimum atomic E-state index is 0.267. The number of rotatable bonds is 4. The standard InChI is InChI=1S/C17H18O2/c1-12(14-3-7-16(18)8-4-14)11-13(2)15-5-9-17(19)10-6-15/h3-10,13,18-19H,1,11H2,2H3. The average molecular weight is 254 g/mol. The molecule has 19 heavy (non-hydrogen) atoms. The molecular formula is C17H18O2. The molecule has 0 aliphatic heterocycles. The van der Waals surface area contributed by atoms with E-state index in [1.807, 2.05) is 24.3 Å². The molecule has 98 valence electrons. The van der Waals surface area contributed by atoms with Gasteiger partial charge in [0.15, 0.2) is 0 Å². The van der Waals surface area contributed by atoms with Crippen LogP contribution in [-0.2, 0) is 0 Å². The fourth-order valence-corrected chi connectivity index (χ4v) is 2.11. The van der Waals surface area contributed by atoms with E-state index in [9.17, 15) is 10.2 Å². The molecular weight excluding hydrogens is 236 g/mol. The van der Waals surface area contributed by atoms with Gasteiger partial charge in [-0.3, -0.25) is 0 Å². The minimum absolute atomic E-state index is 0.267. The predicted octanol–water partition coefficient (Wildman–Crippen LogP) is 4.30. The summed E-state index contributed by atoms with van der Waals surface area (Å²) in [5.41, 5.74) is 3.27. The van der Waals surface area contributed by atoms with Crippen LogP contribution in [0.25, 0.3) is 5.57 Å². The highest BCUT2D eigenvalue weighted by Gasteiger charge is 2.09. The summed E-state index contributed by atoms with van der Waals surface area (Å²) in [5.74, 6) is 0.887. The van der Waals surface area contributed by atoms with E-state index in [0.29, 0.717) is 5.92 Å². The second kappa shape index (κ2) is 5.61. The third kappa shape index (κ3) is 3.38. The summed E-state index contributed by atoms with van der Waals surface area (Å²) in [7, 11) is 0. The summed E-state index contributed by atoms with van der Waals surface area (Å²) in [5, 5.41) is 18.6. The largest absolute Gasteiger partial charge is 0.508 e. The van der Waals surface area contributed by atoms with E-state index < -0.39 is 0 Å². The van der Waals surface area contributed by atoms with Gasteiger partial charge in [-0.25, -0.2) is 0 Å². The lowest BCUT2D eigenvalue weighted by Crippen LogP contribution is -1.95. The number of hydrogen-bond acceptors (Lipinski definition) is 2. The first-order valence-corrected chi connectivity index (χ1v) is 6.32. The van der Waals surface area contributed by atoms with Gasteiger partial charge in [0.2, 0.25) is 0 Å². The van der Waals surface area contributed by atoms with Gasteiger partial charge in [-0.1, -0.05) is 37.8 Å². The number of phenols is 2. The molecule has 2 rings (SSSR count). The zero-order valence-electron chi connectivity index (χ0n) is 11.0. The fourth-order valence-electron chi connectivity index (χ4n) is 2.11. The summed E-state index contributed by atoms with van der Waals surface area (Å²) in [6.07, 6.45) is 0.843. The van der Waals surface area contributed by atoms with E-state index in [1.54, 1.807) is 24.3 Å². The van der Waals surface area contributed by atoms with Gasteiger partial charge in [-0.05, 0) is 53.3 Å². The first kappa shape index (κ1) is 13.2. The Balaban J connectivity index is 2.06. The van der Waals surface area contributed by atoms with Crippen molar-refractivity contribution >= 4 is 5.57 Å². The third-order valence-electron chi connectivity index (χ3n) is 3.29. The van der Waals surface area contributed by atoms with E-state index in [2.05, 4.69) is 13.5 Å². The molecule has 0 saturated heterocycles. The molecule has 2 aromatic rings. The molecule has 1 atom stereocenters. The molecule has 0 aliphatic rings. The summed E-state index contributed by atoms with van der Waals surface area (Å²) in [4.78, 5) is 0. The van der Waals surface area contributed by atoms with Crippen molar-refractivity contribution in [1.29, 1.82) is 0 Å². The molecule has 0 saturated carbocycles. The number of hydrogen-bond donors (Lipinski definition) is 2. The molecule has 0 aliphatic carbocycles. The highest BCUT2D eigenvalue weighted by Crippen LogP contribution is 2.29. The van der Waals surface area contributed by atoms with E-state index in [0.717, 1.165) is 17.6 Å². The van der Waals surface area contributed by atoms with Crippen molar-refractivity contribution < 1.29 is 10.2 Å². The molecule has 2 heteroatoms. The van der Waals surface area contributed by atoms with Crippen LogP contribution in [0.1, 0.15) is 30.4 Å². The average Bonchev–Trinajstić information content (AvgIpc) is 2.40. The zero-order chi connectivity index (χ0) is 13.8. The van der Waals surface area contributed by atoms with Crippen LogP contribution in [0.5, 0.6) is 11.5 Å². The highest BCUT2D eigenvalue weighted by molar-refractivity contribution is 5.64. The Morgan fingerprint density at radius 2 is 1.42 bits per heavy atom. The summed E-state index contributed by atoms with van der Waals surface area (Å²) in [6.45, 7) is 6.24. The Labute approximate surface area is 113 Å². The number of phenolic OH excluding ortho intramolecular Hbond substituents is 2. The maximum Gasteiger partial charge on any atom is 0.115 e. The monoisotopic (exact) mass is 254 g/mol. The van der Waals surface area contributed by atoms with Crippen LogP contribution in [0, 0.1) is 0 Å². The van der Waals surface area contributed by atoms with Crippen molar-refractivity contribution in [2.45, 2.75) is 19.3 Å². The first-order valence-electron chi connectivity index (χ1n) is 6.32. The Kier molecular flexibility index (Phi) is 3.91. The van der Waals surface area contributed by atoms with E-state index in [4.69, 9.17) is 0 Å². The zero-order valence-corrected chi connectivity index (χ0v) is 11.0. The molecule has 1 unspecified atom stereocenters. The summed E-state index contributed by atoms with van der Waals surface area (Å²) >= 11 is 0. The van der Waals surface area contributed by atoms with Crippen LogP contribution in [0.3, 0.4) is 0 Å². The number of aromatic hydroxyl groups is 2. The lowest BCUT2D eigenvalue weighted by molar-refractivity contribution is 0.474. The molecule has 0 amide bonds. The van der Waals surface area contributed by atoms with Crippen molar-refractivity contribution in [3.05, 3.63) is 66.2 Å². The van der Waals surface area contributed by atoms with E-state index in [1.165, 1.54) is 5.56 Å². The summed E-state index contributed by atoms with van der Waals surface area (Å²) < 4.78 is 0. The molecule has 0 fully saturated rings. The smallest absolute Gasteiger partial charge is 0.115 e. The molecule has 2 N–H and O–H groups in total. The second-order valence-electron chi connectivity index (χ2n) is 4.85. The predicted molar refractivity (Wildman–Crippen MR) is 78.3 cm³/mol. The van der Waals surface area contributed by atoms with Crippen LogP contribution in [-0.4, -0.2) is 10.2 Å².